The summed E-state index contributed by atoms with van der Waals surface area (Å²) in [5.41, 5.74) is 4.51. The van der Waals surface area contributed by atoms with E-state index in [2.05, 4.69) is 15.8 Å². The smallest absolute Gasteiger partial charge is 0.187 e. The molecule has 0 amide bonds. The molecule has 0 aromatic heterocycles. The van der Waals surface area contributed by atoms with E-state index >= 15 is 0 Å². The molecule has 0 bridgehead atoms. The first-order valence-corrected chi connectivity index (χ1v) is 7.43. The number of hydrogen-bond acceptors (Lipinski definition) is 2. The molecule has 0 saturated heterocycles. The minimum Gasteiger partial charge on any atom is -0.359 e. The van der Waals surface area contributed by atoms with Crippen molar-refractivity contribution < 1.29 is 4.39 Å². The summed E-state index contributed by atoms with van der Waals surface area (Å²) in [6.45, 7) is 1.86. The molecule has 20 heavy (non-hydrogen) atoms. The normalized spacial score (nSPS) is 16.8. The van der Waals surface area contributed by atoms with Gasteiger partial charge in [0.05, 0.1) is 5.71 Å². The number of rotatable bonds is 3. The lowest BCUT2D eigenvalue weighted by Gasteiger charge is -2.23. The zero-order chi connectivity index (χ0) is 14.4. The number of thiocarbonyl (C=S) groups is 1. The molecule has 0 unspecified atom stereocenters. The van der Waals surface area contributed by atoms with Crippen LogP contribution in [0.15, 0.2) is 29.4 Å². The lowest BCUT2D eigenvalue weighted by atomic mass is 9.96. The van der Waals surface area contributed by atoms with Gasteiger partial charge >= 0.3 is 0 Å². The summed E-state index contributed by atoms with van der Waals surface area (Å²) in [4.78, 5) is 0. The van der Waals surface area contributed by atoms with Gasteiger partial charge < -0.3 is 5.32 Å². The Labute approximate surface area is 124 Å². The molecule has 1 fully saturated rings. The predicted octanol–water partition coefficient (Wildman–Crippen LogP) is 3.35. The highest BCUT2D eigenvalue weighted by Gasteiger charge is 2.13. The summed E-state index contributed by atoms with van der Waals surface area (Å²) in [5.74, 6) is -0.246. The van der Waals surface area contributed by atoms with Crippen LogP contribution in [0.5, 0.6) is 0 Å². The van der Waals surface area contributed by atoms with E-state index in [4.69, 9.17) is 12.2 Å². The number of hydrazone groups is 1. The molecular formula is C15H20FN3S. The summed E-state index contributed by atoms with van der Waals surface area (Å²) in [5, 5.41) is 8.07. The number of hydrogen-bond donors (Lipinski definition) is 2. The standard InChI is InChI=1S/C15H20FN3S/c1-11(12-7-9-13(16)10-8-12)18-19-15(20)17-14-5-3-2-4-6-14/h7-10,14H,2-6H2,1H3,(H2,17,19,20)/b18-11-. The molecule has 0 heterocycles. The molecule has 1 aromatic carbocycles. The molecule has 2 N–H and O–H groups in total. The van der Waals surface area contributed by atoms with E-state index in [0.717, 1.165) is 11.3 Å². The summed E-state index contributed by atoms with van der Waals surface area (Å²) < 4.78 is 12.8. The third-order valence-electron chi connectivity index (χ3n) is 3.53. The largest absolute Gasteiger partial charge is 0.359 e. The predicted molar refractivity (Wildman–Crippen MR) is 84.4 cm³/mol. The van der Waals surface area contributed by atoms with Crippen molar-refractivity contribution in [2.45, 2.75) is 45.1 Å². The van der Waals surface area contributed by atoms with E-state index in [1.165, 1.54) is 44.2 Å². The lowest BCUT2D eigenvalue weighted by molar-refractivity contribution is 0.412. The average Bonchev–Trinajstić information content (AvgIpc) is 2.46. The Morgan fingerprint density at radius 3 is 2.50 bits per heavy atom. The maximum absolute atomic E-state index is 12.8. The van der Waals surface area contributed by atoms with Crippen LogP contribution in [0.2, 0.25) is 0 Å². The second-order valence-corrected chi connectivity index (χ2v) is 5.53. The molecule has 0 aliphatic heterocycles. The minimum atomic E-state index is -0.246. The van der Waals surface area contributed by atoms with Crippen LogP contribution >= 0.6 is 12.2 Å². The monoisotopic (exact) mass is 293 g/mol. The summed E-state index contributed by atoms with van der Waals surface area (Å²) in [6.07, 6.45) is 6.18. The highest BCUT2D eigenvalue weighted by molar-refractivity contribution is 7.80. The molecule has 108 valence electrons. The van der Waals surface area contributed by atoms with E-state index in [1.54, 1.807) is 12.1 Å². The number of nitrogens with one attached hydrogen (secondary N) is 2. The van der Waals surface area contributed by atoms with Crippen LogP contribution in [0, 0.1) is 5.82 Å². The van der Waals surface area contributed by atoms with Gasteiger partial charge in [0.1, 0.15) is 5.82 Å². The second-order valence-electron chi connectivity index (χ2n) is 5.12. The average molecular weight is 293 g/mol. The van der Waals surface area contributed by atoms with E-state index in [1.807, 2.05) is 6.92 Å². The Balaban J connectivity index is 1.84. The van der Waals surface area contributed by atoms with Crippen LogP contribution in [-0.4, -0.2) is 16.9 Å². The number of benzene rings is 1. The molecule has 2 rings (SSSR count). The fourth-order valence-electron chi connectivity index (χ4n) is 2.35. The van der Waals surface area contributed by atoms with Crippen molar-refractivity contribution in [2.24, 2.45) is 5.10 Å². The first-order chi connectivity index (χ1) is 9.65. The fourth-order valence-corrected chi connectivity index (χ4v) is 2.57. The highest BCUT2D eigenvalue weighted by atomic mass is 32.1. The van der Waals surface area contributed by atoms with Gasteiger partial charge in [-0.05, 0) is 49.7 Å². The van der Waals surface area contributed by atoms with Gasteiger partial charge in [0.2, 0.25) is 0 Å². The molecule has 3 nitrogen and oxygen atoms in total. The fraction of sp³-hybridized carbons (Fsp3) is 0.467. The number of nitrogens with zero attached hydrogens (tertiary/aromatic N) is 1. The van der Waals surface area contributed by atoms with Crippen LogP contribution in [0.25, 0.3) is 0 Å². The quantitative estimate of drug-likeness (QED) is 0.510. The lowest BCUT2D eigenvalue weighted by Crippen LogP contribution is -2.41. The van der Waals surface area contributed by atoms with E-state index in [0.29, 0.717) is 11.2 Å². The molecule has 0 spiro atoms. The maximum Gasteiger partial charge on any atom is 0.187 e. The van der Waals surface area contributed by atoms with E-state index < -0.39 is 0 Å². The van der Waals surface area contributed by atoms with Gasteiger partial charge in [-0.1, -0.05) is 31.4 Å². The Morgan fingerprint density at radius 2 is 1.85 bits per heavy atom. The van der Waals surface area contributed by atoms with E-state index in [9.17, 15) is 4.39 Å². The molecular weight excluding hydrogens is 273 g/mol. The zero-order valence-electron chi connectivity index (χ0n) is 11.7. The van der Waals surface area contributed by atoms with Crippen molar-refractivity contribution in [3.05, 3.63) is 35.6 Å². The third kappa shape index (κ3) is 4.56. The first-order valence-electron chi connectivity index (χ1n) is 7.02. The summed E-state index contributed by atoms with van der Waals surface area (Å²) in [6, 6.07) is 6.71. The molecule has 1 saturated carbocycles. The van der Waals surface area contributed by atoms with Gasteiger partial charge in [-0.25, -0.2) is 4.39 Å². The maximum atomic E-state index is 12.8. The van der Waals surface area contributed by atoms with Crippen LogP contribution < -0.4 is 10.7 Å². The molecule has 0 atom stereocenters. The van der Waals surface area contributed by atoms with Crippen molar-refractivity contribution in [2.75, 3.05) is 0 Å². The SMILES string of the molecule is C/C(=N/NC(=S)NC1CCCCC1)c1ccc(F)cc1. The van der Waals surface area contributed by atoms with Crippen LogP contribution in [-0.2, 0) is 0 Å². The Bertz CT molecular complexity index is 478. The zero-order valence-corrected chi connectivity index (χ0v) is 12.5. The Kier molecular flexibility index (Phi) is 5.47. The van der Waals surface area contributed by atoms with Crippen molar-refractivity contribution in [1.82, 2.24) is 10.7 Å². The first kappa shape index (κ1) is 14.9. The Hall–Kier alpha value is -1.49. The summed E-state index contributed by atoms with van der Waals surface area (Å²) >= 11 is 5.23. The molecule has 5 heteroatoms. The van der Waals surface area contributed by atoms with Crippen LogP contribution in [0.4, 0.5) is 4.39 Å². The molecule has 1 aliphatic rings. The van der Waals surface area contributed by atoms with Gasteiger partial charge in [0, 0.05) is 6.04 Å². The van der Waals surface area contributed by atoms with Crippen LogP contribution in [0.3, 0.4) is 0 Å². The van der Waals surface area contributed by atoms with Crippen molar-refractivity contribution >= 4 is 23.0 Å². The minimum absolute atomic E-state index is 0.246. The molecule has 1 aromatic rings. The second kappa shape index (κ2) is 7.33. The van der Waals surface area contributed by atoms with Crippen molar-refractivity contribution in [3.8, 4) is 0 Å². The molecule has 0 radical (unpaired) electrons. The topological polar surface area (TPSA) is 36.4 Å². The van der Waals surface area contributed by atoms with Gasteiger partial charge in [-0.15, -0.1) is 0 Å². The van der Waals surface area contributed by atoms with Gasteiger partial charge in [0.25, 0.3) is 0 Å². The number of halogens is 1. The van der Waals surface area contributed by atoms with Gasteiger partial charge in [-0.2, -0.15) is 5.10 Å². The highest BCUT2D eigenvalue weighted by Crippen LogP contribution is 2.17. The summed E-state index contributed by atoms with van der Waals surface area (Å²) in [7, 11) is 0. The van der Waals surface area contributed by atoms with Crippen molar-refractivity contribution in [3.63, 3.8) is 0 Å². The van der Waals surface area contributed by atoms with Crippen LogP contribution in [0.1, 0.15) is 44.6 Å². The van der Waals surface area contributed by atoms with E-state index in [-0.39, 0.29) is 5.82 Å². The molecule has 1 aliphatic carbocycles. The van der Waals surface area contributed by atoms with Gasteiger partial charge in [-0.3, -0.25) is 5.43 Å². The van der Waals surface area contributed by atoms with Gasteiger partial charge in [0.15, 0.2) is 5.11 Å². The Morgan fingerprint density at radius 1 is 1.20 bits per heavy atom. The van der Waals surface area contributed by atoms with Crippen molar-refractivity contribution in [1.29, 1.82) is 0 Å². The third-order valence-corrected chi connectivity index (χ3v) is 3.74.